The zero-order valence-electron chi connectivity index (χ0n) is 16.8. The number of carbonyl (C=O) groups is 2. The van der Waals surface area contributed by atoms with Gasteiger partial charge < -0.3 is 19.3 Å². The molecule has 1 aromatic carbocycles. The Hall–Kier alpha value is -2.68. The normalized spacial score (nSPS) is 22.3. The number of likely N-dealkylation sites (tertiary alicyclic amines) is 1. The van der Waals surface area contributed by atoms with E-state index in [9.17, 15) is 19.7 Å². The topological polar surface area (TPSA) is 102 Å². The summed E-state index contributed by atoms with van der Waals surface area (Å²) in [6, 6.07) is 4.26. The van der Waals surface area contributed by atoms with Gasteiger partial charge in [-0.05, 0) is 30.4 Å². The van der Waals surface area contributed by atoms with Crippen LogP contribution in [0.15, 0.2) is 18.2 Å². The molecule has 9 heteroatoms. The van der Waals surface area contributed by atoms with E-state index in [0.29, 0.717) is 56.9 Å². The number of carbonyl (C=O) groups excluding carboxylic acids is 2. The maximum atomic E-state index is 12.4. The van der Waals surface area contributed by atoms with E-state index in [2.05, 4.69) is 13.8 Å². The molecule has 2 saturated heterocycles. The molecular formula is C20H27N3O6. The number of ether oxygens (including phenoxy) is 2. The lowest BCUT2D eigenvalue weighted by Crippen LogP contribution is -2.44. The summed E-state index contributed by atoms with van der Waals surface area (Å²) in [5.74, 6) is -0.160. The number of benzene rings is 1. The Balaban J connectivity index is 1.65. The van der Waals surface area contributed by atoms with Gasteiger partial charge in [-0.1, -0.05) is 13.8 Å². The fourth-order valence-corrected chi connectivity index (χ4v) is 4.04. The Morgan fingerprint density at radius 2 is 1.86 bits per heavy atom. The SMILES string of the molecule is CC1CC(C)CN(C(=O)COC(=O)c2ccc(N3CCOCC3)c([N+](=O)[O-])c2)C1. The molecular weight excluding hydrogens is 378 g/mol. The van der Waals surface area contributed by atoms with Crippen LogP contribution in [0.3, 0.4) is 0 Å². The molecule has 3 rings (SSSR count). The van der Waals surface area contributed by atoms with Gasteiger partial charge in [0, 0.05) is 32.2 Å². The van der Waals surface area contributed by atoms with E-state index in [1.807, 2.05) is 4.90 Å². The molecule has 0 saturated carbocycles. The van der Waals surface area contributed by atoms with E-state index >= 15 is 0 Å². The summed E-state index contributed by atoms with van der Waals surface area (Å²) < 4.78 is 10.4. The van der Waals surface area contributed by atoms with E-state index in [-0.39, 0.29) is 23.8 Å². The molecule has 0 spiro atoms. The van der Waals surface area contributed by atoms with Crippen LogP contribution in [-0.2, 0) is 14.3 Å². The minimum absolute atomic E-state index is 0.0573. The Kier molecular flexibility index (Phi) is 6.68. The van der Waals surface area contributed by atoms with Crippen molar-refractivity contribution in [3.8, 4) is 0 Å². The first-order valence-electron chi connectivity index (χ1n) is 9.91. The third-order valence-corrected chi connectivity index (χ3v) is 5.31. The number of rotatable bonds is 5. The zero-order chi connectivity index (χ0) is 21.0. The van der Waals surface area contributed by atoms with Gasteiger partial charge in [-0.2, -0.15) is 0 Å². The van der Waals surface area contributed by atoms with E-state index in [0.717, 1.165) is 6.42 Å². The Bertz CT molecular complexity index is 767. The number of nitro benzene ring substituents is 1. The van der Waals surface area contributed by atoms with Crippen molar-refractivity contribution in [1.82, 2.24) is 4.90 Å². The van der Waals surface area contributed by atoms with Crippen LogP contribution in [0.4, 0.5) is 11.4 Å². The van der Waals surface area contributed by atoms with Crippen molar-refractivity contribution < 1.29 is 24.0 Å². The summed E-state index contributed by atoms with van der Waals surface area (Å²) in [5.41, 5.74) is 0.343. The molecule has 0 aromatic heterocycles. The second-order valence-corrected chi connectivity index (χ2v) is 7.88. The minimum atomic E-state index is -0.743. The van der Waals surface area contributed by atoms with Gasteiger partial charge in [0.05, 0.1) is 23.7 Å². The van der Waals surface area contributed by atoms with Gasteiger partial charge in [0.1, 0.15) is 5.69 Å². The second kappa shape index (κ2) is 9.21. The Labute approximate surface area is 169 Å². The second-order valence-electron chi connectivity index (χ2n) is 7.88. The molecule has 0 radical (unpaired) electrons. The quantitative estimate of drug-likeness (QED) is 0.420. The van der Waals surface area contributed by atoms with Crippen LogP contribution in [-0.4, -0.2) is 67.7 Å². The molecule has 2 atom stereocenters. The fourth-order valence-electron chi connectivity index (χ4n) is 4.04. The predicted octanol–water partition coefficient (Wildman–Crippen LogP) is 2.09. The molecule has 9 nitrogen and oxygen atoms in total. The summed E-state index contributed by atoms with van der Waals surface area (Å²) in [4.78, 5) is 39.3. The Morgan fingerprint density at radius 3 is 2.48 bits per heavy atom. The lowest BCUT2D eigenvalue weighted by atomic mass is 9.92. The van der Waals surface area contributed by atoms with Crippen molar-refractivity contribution in [2.24, 2.45) is 11.8 Å². The molecule has 0 aliphatic carbocycles. The van der Waals surface area contributed by atoms with E-state index in [1.54, 1.807) is 11.0 Å². The number of morpholine rings is 1. The average molecular weight is 405 g/mol. The molecule has 0 N–H and O–H groups in total. The van der Waals surface area contributed by atoms with Gasteiger partial charge >= 0.3 is 5.97 Å². The number of amides is 1. The third kappa shape index (κ3) is 5.23. The zero-order valence-corrected chi connectivity index (χ0v) is 16.8. The molecule has 0 bridgehead atoms. The molecule has 158 valence electrons. The Morgan fingerprint density at radius 1 is 1.21 bits per heavy atom. The summed E-state index contributed by atoms with van der Waals surface area (Å²) in [6.45, 7) is 7.22. The van der Waals surface area contributed by atoms with Crippen molar-refractivity contribution in [3.63, 3.8) is 0 Å². The number of nitro groups is 1. The van der Waals surface area contributed by atoms with Gasteiger partial charge in [0.25, 0.3) is 11.6 Å². The maximum absolute atomic E-state index is 12.4. The predicted molar refractivity (Wildman–Crippen MR) is 106 cm³/mol. The number of hydrogen-bond donors (Lipinski definition) is 0. The first-order chi connectivity index (χ1) is 13.8. The van der Waals surface area contributed by atoms with Gasteiger partial charge in [0.15, 0.2) is 6.61 Å². The van der Waals surface area contributed by atoms with Crippen molar-refractivity contribution >= 4 is 23.3 Å². The minimum Gasteiger partial charge on any atom is -0.452 e. The first-order valence-corrected chi connectivity index (χ1v) is 9.91. The fraction of sp³-hybridized carbons (Fsp3) is 0.600. The summed E-state index contributed by atoms with van der Waals surface area (Å²) in [6.07, 6.45) is 1.07. The smallest absolute Gasteiger partial charge is 0.338 e. The number of nitrogens with zero attached hydrogens (tertiary/aromatic N) is 3. The van der Waals surface area contributed by atoms with E-state index in [4.69, 9.17) is 9.47 Å². The van der Waals surface area contributed by atoms with Crippen LogP contribution in [0.2, 0.25) is 0 Å². The molecule has 2 unspecified atom stereocenters. The highest BCUT2D eigenvalue weighted by Crippen LogP contribution is 2.30. The van der Waals surface area contributed by atoms with Crippen molar-refractivity contribution in [1.29, 1.82) is 0 Å². The first kappa shape index (κ1) is 21.0. The van der Waals surface area contributed by atoms with Crippen LogP contribution in [0.25, 0.3) is 0 Å². The summed E-state index contributed by atoms with van der Waals surface area (Å²) in [7, 11) is 0. The van der Waals surface area contributed by atoms with E-state index < -0.39 is 10.9 Å². The van der Waals surface area contributed by atoms with Gasteiger partial charge in [-0.15, -0.1) is 0 Å². The standard InChI is InChI=1S/C20H27N3O6/c1-14-9-15(2)12-22(11-14)19(24)13-29-20(25)16-3-4-17(18(10-16)23(26)27)21-5-7-28-8-6-21/h3-4,10,14-15H,5-9,11-13H2,1-2H3. The van der Waals surface area contributed by atoms with Crippen LogP contribution in [0.5, 0.6) is 0 Å². The molecule has 2 aliphatic rings. The summed E-state index contributed by atoms with van der Waals surface area (Å²) >= 11 is 0. The third-order valence-electron chi connectivity index (χ3n) is 5.31. The van der Waals surface area contributed by atoms with Crippen molar-refractivity contribution in [2.45, 2.75) is 20.3 Å². The molecule has 2 heterocycles. The summed E-state index contributed by atoms with van der Waals surface area (Å²) in [5, 5.41) is 11.5. The highest BCUT2D eigenvalue weighted by atomic mass is 16.6. The molecule has 29 heavy (non-hydrogen) atoms. The average Bonchev–Trinajstić information content (AvgIpc) is 2.71. The highest BCUT2D eigenvalue weighted by molar-refractivity contribution is 5.93. The van der Waals surface area contributed by atoms with Gasteiger partial charge in [-0.25, -0.2) is 4.79 Å². The highest BCUT2D eigenvalue weighted by Gasteiger charge is 2.27. The number of piperidine rings is 1. The van der Waals surface area contributed by atoms with Crippen LogP contribution >= 0.6 is 0 Å². The van der Waals surface area contributed by atoms with Crippen molar-refractivity contribution in [2.75, 3.05) is 50.9 Å². The number of anilines is 1. The lowest BCUT2D eigenvalue weighted by Gasteiger charge is -2.34. The van der Waals surface area contributed by atoms with Crippen LogP contribution in [0, 0.1) is 22.0 Å². The number of esters is 1. The molecule has 1 aromatic rings. The van der Waals surface area contributed by atoms with Crippen LogP contribution in [0.1, 0.15) is 30.6 Å². The van der Waals surface area contributed by atoms with Gasteiger partial charge in [0.2, 0.25) is 0 Å². The van der Waals surface area contributed by atoms with Gasteiger partial charge in [-0.3, -0.25) is 14.9 Å². The largest absolute Gasteiger partial charge is 0.452 e. The van der Waals surface area contributed by atoms with Crippen molar-refractivity contribution in [3.05, 3.63) is 33.9 Å². The molecule has 1 amide bonds. The lowest BCUT2D eigenvalue weighted by molar-refractivity contribution is -0.384. The maximum Gasteiger partial charge on any atom is 0.338 e. The monoisotopic (exact) mass is 405 g/mol. The molecule has 2 aliphatic heterocycles. The number of hydrogen-bond acceptors (Lipinski definition) is 7. The van der Waals surface area contributed by atoms with E-state index in [1.165, 1.54) is 12.1 Å². The van der Waals surface area contributed by atoms with Crippen LogP contribution < -0.4 is 4.90 Å². The molecule has 2 fully saturated rings.